The number of rotatable bonds is 4. The number of aromatic nitrogens is 1. The quantitative estimate of drug-likeness (QED) is 0.390. The van der Waals surface area contributed by atoms with Crippen molar-refractivity contribution in [1.82, 2.24) is 4.98 Å². The summed E-state index contributed by atoms with van der Waals surface area (Å²) in [4.78, 5) is 14.6. The maximum absolute atomic E-state index is 10.5. The molecule has 2 aromatic rings. The fourth-order valence-electron chi connectivity index (χ4n) is 6.51. The molecule has 3 aliphatic rings. The van der Waals surface area contributed by atoms with Crippen molar-refractivity contribution in [3.05, 3.63) is 42.1 Å². The largest absolute Gasteiger partial charge is 0.545 e. The molecule has 0 aliphatic heterocycles. The second-order valence-corrected chi connectivity index (χ2v) is 20.0. The summed E-state index contributed by atoms with van der Waals surface area (Å²) in [6, 6.07) is 8.29. The van der Waals surface area contributed by atoms with Gasteiger partial charge in [-0.05, 0) is 23.8 Å². The summed E-state index contributed by atoms with van der Waals surface area (Å²) in [5, 5.41) is 11.3. The molecule has 0 bridgehead atoms. The van der Waals surface area contributed by atoms with E-state index in [-0.39, 0.29) is 5.56 Å². The Bertz CT molecular complexity index is 809. The van der Waals surface area contributed by atoms with Crippen LogP contribution in [-0.2, 0) is 0 Å². The van der Waals surface area contributed by atoms with Gasteiger partial charge in [0.15, 0.2) is 0 Å². The molecule has 0 N–H and O–H groups in total. The van der Waals surface area contributed by atoms with Crippen molar-refractivity contribution < 1.29 is 9.90 Å². The molecule has 0 saturated heterocycles. The number of benzene rings is 1. The van der Waals surface area contributed by atoms with Crippen molar-refractivity contribution in [3.8, 4) is 0 Å². The molecule has 5 rings (SSSR count). The maximum Gasteiger partial charge on any atom is 0.0715 e. The zero-order chi connectivity index (χ0) is 22.2. The number of carbonyl (C=O) groups is 1. The number of carboxylic acid groups (broad SMARTS) is 1. The van der Waals surface area contributed by atoms with Crippen molar-refractivity contribution in [2.45, 2.75) is 108 Å². The van der Waals surface area contributed by atoms with Crippen LogP contribution in [-0.4, -0.2) is 30.7 Å². The Labute approximate surface area is 201 Å². The van der Waals surface area contributed by atoms with Gasteiger partial charge in [0.2, 0.25) is 0 Å². The van der Waals surface area contributed by atoms with Gasteiger partial charge >= 0.3 is 128 Å². The second kappa shape index (κ2) is 12.4. The number of carboxylic acids is 1. The molecule has 3 aliphatic carbocycles. The average Bonchev–Trinajstić information content (AvgIpc) is 2.86. The summed E-state index contributed by atoms with van der Waals surface area (Å²) in [5.41, 5.74) is 0.966. The Balaban J connectivity index is 0.000000165. The van der Waals surface area contributed by atoms with Crippen LogP contribution in [0, 0.1) is 0 Å². The van der Waals surface area contributed by atoms with E-state index in [0.717, 1.165) is 10.9 Å². The van der Waals surface area contributed by atoms with Gasteiger partial charge in [-0.3, -0.25) is 4.98 Å². The number of carbonyl (C=O) groups excluding carboxylic acids is 1. The number of pyridine rings is 1. The number of nitrogens with zero attached hydrogens (tertiary/aromatic N) is 1. The van der Waals surface area contributed by atoms with Crippen LogP contribution in [0.5, 0.6) is 0 Å². The van der Waals surface area contributed by atoms with E-state index in [0.29, 0.717) is 0 Å². The molecule has 0 unspecified atom stereocenters. The van der Waals surface area contributed by atoms with Crippen molar-refractivity contribution in [3.63, 3.8) is 0 Å². The van der Waals surface area contributed by atoms with Crippen LogP contribution >= 0.6 is 0 Å². The first-order valence-electron chi connectivity index (χ1n) is 13.1. The van der Waals surface area contributed by atoms with E-state index in [1.165, 1.54) is 17.9 Å². The molecular formula is C28H39NO2Sn. The monoisotopic (exact) mass is 541 g/mol. The summed E-state index contributed by atoms with van der Waals surface area (Å²) >= 11 is -1.15. The zero-order valence-corrected chi connectivity index (χ0v) is 22.4. The minimum Gasteiger partial charge on any atom is -0.545 e. The number of aromatic carboxylic acids is 1. The normalized spacial score (nSPS) is 21.0. The van der Waals surface area contributed by atoms with Gasteiger partial charge in [0.25, 0.3) is 0 Å². The third kappa shape index (κ3) is 6.48. The minimum atomic E-state index is -1.16. The smallest absolute Gasteiger partial charge is 0.0715 e. The van der Waals surface area contributed by atoms with Gasteiger partial charge in [-0.25, -0.2) is 0 Å². The molecule has 0 radical (unpaired) electrons. The molecule has 4 heteroatoms. The molecule has 3 nitrogen and oxygen atoms in total. The minimum absolute atomic E-state index is 0.181. The fourth-order valence-corrected chi connectivity index (χ4v) is 21.4. The van der Waals surface area contributed by atoms with E-state index in [2.05, 4.69) is 4.98 Å². The molecular weight excluding hydrogens is 501 g/mol. The van der Waals surface area contributed by atoms with Gasteiger partial charge in [-0.2, -0.15) is 0 Å². The van der Waals surface area contributed by atoms with E-state index in [1.807, 2.05) is 6.07 Å². The standard InChI is InChI=1S/C10H7NO2.3C6H11.Sn/c12-10(13)8-3-4-9-7(6-8)2-1-5-11-9;3*1-2-4-6-5-3-1;/h1-6H,(H,12,13);3*1H,2-6H2;/q;;;;+1/p-1. The molecule has 3 fully saturated rings. The molecule has 1 aromatic heterocycles. The van der Waals surface area contributed by atoms with Crippen molar-refractivity contribution in [2.24, 2.45) is 0 Å². The third-order valence-corrected chi connectivity index (χ3v) is 21.1. The van der Waals surface area contributed by atoms with Crippen molar-refractivity contribution >= 4 is 36.6 Å². The van der Waals surface area contributed by atoms with Crippen LogP contribution < -0.4 is 5.11 Å². The van der Waals surface area contributed by atoms with Gasteiger partial charge in [-0.1, -0.05) is 12.1 Å². The number of hydrogen-bond acceptors (Lipinski definition) is 3. The molecule has 0 atom stereocenters. The summed E-state index contributed by atoms with van der Waals surface area (Å²) < 4.78 is 3.96. The Morgan fingerprint density at radius 1 is 0.750 bits per heavy atom. The van der Waals surface area contributed by atoms with E-state index in [9.17, 15) is 9.90 Å². The van der Waals surface area contributed by atoms with Crippen molar-refractivity contribution in [2.75, 3.05) is 0 Å². The molecule has 0 amide bonds. The van der Waals surface area contributed by atoms with E-state index < -0.39 is 25.7 Å². The van der Waals surface area contributed by atoms with Crippen LogP contribution in [0.2, 0.25) is 11.8 Å². The van der Waals surface area contributed by atoms with Gasteiger partial charge < -0.3 is 9.90 Å². The summed E-state index contributed by atoms with van der Waals surface area (Å²) in [5.74, 6) is -1.16. The first-order chi connectivity index (χ1) is 15.7. The Kier molecular flexibility index (Phi) is 9.30. The van der Waals surface area contributed by atoms with Crippen LogP contribution in [0.1, 0.15) is 107 Å². The second-order valence-electron chi connectivity index (χ2n) is 10.2. The summed E-state index contributed by atoms with van der Waals surface area (Å²) in [7, 11) is 0. The topological polar surface area (TPSA) is 53.0 Å². The van der Waals surface area contributed by atoms with Gasteiger partial charge in [-0.15, -0.1) is 0 Å². The van der Waals surface area contributed by atoms with E-state index in [1.54, 1.807) is 121 Å². The van der Waals surface area contributed by atoms with Gasteiger partial charge in [0.05, 0.1) is 11.5 Å². The molecule has 1 heterocycles. The average molecular weight is 540 g/mol. The maximum atomic E-state index is 10.5. The third-order valence-electron chi connectivity index (χ3n) is 8.07. The SMILES string of the molecule is C1CC[CH]([Sn+]([CH]2CCCCC2)[CH]2CCCCC2)CC1.O=C([O-])c1ccc2ncccc2c1. The predicted octanol–water partition coefficient (Wildman–Crippen LogP) is 7.08. The first-order valence-corrected chi connectivity index (χ1v) is 18.1. The van der Waals surface area contributed by atoms with Crippen LogP contribution in [0.4, 0.5) is 0 Å². The number of fused-ring (bicyclic) bond motifs is 1. The first kappa shape index (κ1) is 24.0. The van der Waals surface area contributed by atoms with Crippen LogP contribution in [0.15, 0.2) is 36.5 Å². The van der Waals surface area contributed by atoms with Crippen LogP contribution in [0.25, 0.3) is 10.9 Å². The van der Waals surface area contributed by atoms with E-state index in [4.69, 9.17) is 0 Å². The molecule has 32 heavy (non-hydrogen) atoms. The van der Waals surface area contributed by atoms with Crippen molar-refractivity contribution in [1.29, 1.82) is 0 Å². The summed E-state index contributed by atoms with van der Waals surface area (Å²) in [6.45, 7) is 0. The molecule has 3 saturated carbocycles. The van der Waals surface area contributed by atoms with Crippen LogP contribution in [0.3, 0.4) is 0 Å². The molecule has 1 aromatic carbocycles. The Morgan fingerprint density at radius 3 is 1.72 bits per heavy atom. The summed E-state index contributed by atoms with van der Waals surface area (Å²) in [6.07, 6.45) is 25.9. The number of hydrogen-bond donors (Lipinski definition) is 0. The van der Waals surface area contributed by atoms with Gasteiger partial charge in [0, 0.05) is 11.6 Å². The van der Waals surface area contributed by atoms with E-state index >= 15 is 0 Å². The predicted molar refractivity (Wildman–Crippen MR) is 132 cm³/mol. The Hall–Kier alpha value is -1.10. The zero-order valence-electron chi connectivity index (χ0n) is 19.6. The molecule has 0 spiro atoms. The fraction of sp³-hybridized carbons (Fsp3) is 0.643. The van der Waals surface area contributed by atoms with Gasteiger partial charge in [0.1, 0.15) is 0 Å². The molecule has 172 valence electrons. The Morgan fingerprint density at radius 2 is 1.25 bits per heavy atom.